The lowest BCUT2D eigenvalue weighted by Gasteiger charge is -2.32. The average molecular weight is 416 g/mol. The van der Waals surface area contributed by atoms with Crippen molar-refractivity contribution < 1.29 is 13.2 Å². The SMILES string of the molecule is Cc1ccc(S(=O)(=O)NC(=O)NCCC2CCN(Cc3ccccc3)CC2)cc1. The van der Waals surface area contributed by atoms with Crippen molar-refractivity contribution in [1.29, 1.82) is 0 Å². The zero-order chi connectivity index (χ0) is 20.7. The fraction of sp³-hybridized carbons (Fsp3) is 0.409. The van der Waals surface area contributed by atoms with Gasteiger partial charge in [0.05, 0.1) is 4.90 Å². The summed E-state index contributed by atoms with van der Waals surface area (Å²) in [5.41, 5.74) is 2.29. The van der Waals surface area contributed by atoms with Gasteiger partial charge in [-0.2, -0.15) is 0 Å². The second kappa shape index (κ2) is 9.89. The van der Waals surface area contributed by atoms with Gasteiger partial charge in [0.2, 0.25) is 0 Å². The number of urea groups is 1. The fourth-order valence-corrected chi connectivity index (χ4v) is 4.53. The number of piperidine rings is 1. The van der Waals surface area contributed by atoms with Crippen LogP contribution in [0.3, 0.4) is 0 Å². The van der Waals surface area contributed by atoms with E-state index in [0.29, 0.717) is 12.5 Å². The average Bonchev–Trinajstić information content (AvgIpc) is 2.70. The van der Waals surface area contributed by atoms with Gasteiger partial charge in [0.25, 0.3) is 10.0 Å². The zero-order valence-electron chi connectivity index (χ0n) is 16.8. The van der Waals surface area contributed by atoms with Crippen LogP contribution >= 0.6 is 0 Å². The number of benzene rings is 2. The molecule has 0 bridgehead atoms. The first kappa shape index (κ1) is 21.3. The van der Waals surface area contributed by atoms with Crippen LogP contribution in [0.1, 0.15) is 30.4 Å². The lowest BCUT2D eigenvalue weighted by molar-refractivity contribution is 0.172. The van der Waals surface area contributed by atoms with Gasteiger partial charge < -0.3 is 5.32 Å². The van der Waals surface area contributed by atoms with Gasteiger partial charge in [-0.1, -0.05) is 48.0 Å². The first-order valence-corrected chi connectivity index (χ1v) is 11.5. The van der Waals surface area contributed by atoms with Gasteiger partial charge in [-0.3, -0.25) is 4.90 Å². The minimum atomic E-state index is -3.84. The van der Waals surface area contributed by atoms with Crippen molar-refractivity contribution in [3.63, 3.8) is 0 Å². The highest BCUT2D eigenvalue weighted by molar-refractivity contribution is 7.90. The van der Waals surface area contributed by atoms with Gasteiger partial charge in [0, 0.05) is 13.1 Å². The molecule has 2 amide bonds. The molecule has 1 aliphatic heterocycles. The van der Waals surface area contributed by atoms with Crippen LogP contribution in [-0.2, 0) is 16.6 Å². The van der Waals surface area contributed by atoms with Crippen LogP contribution in [-0.4, -0.2) is 39.0 Å². The molecule has 29 heavy (non-hydrogen) atoms. The molecule has 1 saturated heterocycles. The molecular weight excluding hydrogens is 386 g/mol. The topological polar surface area (TPSA) is 78.5 Å². The molecule has 1 fully saturated rings. The molecular formula is C22H29N3O3S. The summed E-state index contributed by atoms with van der Waals surface area (Å²) >= 11 is 0. The summed E-state index contributed by atoms with van der Waals surface area (Å²) in [6, 6.07) is 16.2. The van der Waals surface area contributed by atoms with Gasteiger partial charge in [-0.25, -0.2) is 17.9 Å². The van der Waals surface area contributed by atoms with Crippen molar-refractivity contribution in [2.75, 3.05) is 19.6 Å². The number of hydrogen-bond donors (Lipinski definition) is 2. The van der Waals surface area contributed by atoms with E-state index in [-0.39, 0.29) is 4.90 Å². The van der Waals surface area contributed by atoms with E-state index < -0.39 is 16.1 Å². The first-order valence-electron chi connectivity index (χ1n) is 10.1. The van der Waals surface area contributed by atoms with E-state index in [1.807, 2.05) is 13.0 Å². The highest BCUT2D eigenvalue weighted by Crippen LogP contribution is 2.21. The Morgan fingerprint density at radius 2 is 1.69 bits per heavy atom. The van der Waals surface area contributed by atoms with E-state index in [1.165, 1.54) is 17.7 Å². The molecule has 6 nitrogen and oxygen atoms in total. The van der Waals surface area contributed by atoms with Crippen LogP contribution in [0.5, 0.6) is 0 Å². The summed E-state index contributed by atoms with van der Waals surface area (Å²) in [6.45, 7) is 5.42. The van der Waals surface area contributed by atoms with Crippen LogP contribution in [0.4, 0.5) is 4.79 Å². The summed E-state index contributed by atoms with van der Waals surface area (Å²) in [5, 5.41) is 2.68. The Morgan fingerprint density at radius 1 is 1.03 bits per heavy atom. The van der Waals surface area contributed by atoms with E-state index in [1.54, 1.807) is 12.1 Å². The van der Waals surface area contributed by atoms with Crippen molar-refractivity contribution >= 4 is 16.1 Å². The molecule has 3 rings (SSSR count). The summed E-state index contributed by atoms with van der Waals surface area (Å²) in [6.07, 6.45) is 3.05. The van der Waals surface area contributed by atoms with Gasteiger partial charge in [0.15, 0.2) is 0 Å². The van der Waals surface area contributed by atoms with Gasteiger partial charge in [-0.15, -0.1) is 0 Å². The van der Waals surface area contributed by atoms with Gasteiger partial charge in [-0.05, 0) is 62.9 Å². The number of rotatable bonds is 7. The van der Waals surface area contributed by atoms with Crippen molar-refractivity contribution in [3.8, 4) is 0 Å². The van der Waals surface area contributed by atoms with Gasteiger partial charge >= 0.3 is 6.03 Å². The predicted molar refractivity (Wildman–Crippen MR) is 114 cm³/mol. The Balaban J connectivity index is 1.36. The fourth-order valence-electron chi connectivity index (χ4n) is 3.60. The summed E-state index contributed by atoms with van der Waals surface area (Å²) in [4.78, 5) is 14.5. The maximum Gasteiger partial charge on any atom is 0.328 e. The number of sulfonamides is 1. The molecule has 7 heteroatoms. The monoisotopic (exact) mass is 415 g/mol. The molecule has 0 radical (unpaired) electrons. The molecule has 2 aromatic rings. The number of carbonyl (C=O) groups excluding carboxylic acids is 1. The maximum absolute atomic E-state index is 12.2. The van der Waals surface area contributed by atoms with Crippen LogP contribution in [0.25, 0.3) is 0 Å². The molecule has 1 aliphatic rings. The number of likely N-dealkylation sites (tertiary alicyclic amines) is 1. The molecule has 1 heterocycles. The number of carbonyl (C=O) groups is 1. The van der Waals surface area contributed by atoms with Crippen LogP contribution in [0, 0.1) is 12.8 Å². The van der Waals surface area contributed by atoms with Gasteiger partial charge in [0.1, 0.15) is 0 Å². The highest BCUT2D eigenvalue weighted by Gasteiger charge is 2.20. The summed E-state index contributed by atoms with van der Waals surface area (Å²) < 4.78 is 26.5. The molecule has 0 unspecified atom stereocenters. The van der Waals surface area contributed by atoms with Crippen molar-refractivity contribution in [3.05, 3.63) is 65.7 Å². The maximum atomic E-state index is 12.2. The normalized spacial score (nSPS) is 15.8. The Kier molecular flexibility index (Phi) is 7.28. The zero-order valence-corrected chi connectivity index (χ0v) is 17.6. The van der Waals surface area contributed by atoms with E-state index >= 15 is 0 Å². The van der Waals surface area contributed by atoms with Crippen molar-refractivity contribution in [1.82, 2.24) is 14.9 Å². The van der Waals surface area contributed by atoms with E-state index in [0.717, 1.165) is 44.5 Å². The summed E-state index contributed by atoms with van der Waals surface area (Å²) in [5.74, 6) is 0.552. The number of nitrogens with zero attached hydrogens (tertiary/aromatic N) is 1. The van der Waals surface area contributed by atoms with E-state index in [4.69, 9.17) is 0 Å². The quantitative estimate of drug-likeness (QED) is 0.727. The molecule has 0 spiro atoms. The molecule has 2 N–H and O–H groups in total. The molecule has 0 saturated carbocycles. The number of amides is 2. The molecule has 2 aromatic carbocycles. The Hall–Kier alpha value is -2.38. The Labute approximate surface area is 173 Å². The van der Waals surface area contributed by atoms with Crippen molar-refractivity contribution in [2.45, 2.75) is 37.6 Å². The lowest BCUT2D eigenvalue weighted by Crippen LogP contribution is -2.40. The number of nitrogens with one attached hydrogen (secondary N) is 2. The van der Waals surface area contributed by atoms with E-state index in [9.17, 15) is 13.2 Å². The standard InChI is InChI=1S/C22H29N3O3S/c1-18-7-9-21(10-8-18)29(27,28)24-22(26)23-14-11-19-12-15-25(16-13-19)17-20-5-3-2-4-6-20/h2-10,19H,11-17H2,1H3,(H2,23,24,26). The minimum absolute atomic E-state index is 0.0871. The van der Waals surface area contributed by atoms with Crippen LogP contribution in [0.2, 0.25) is 0 Å². The smallest absolute Gasteiger partial charge is 0.328 e. The Morgan fingerprint density at radius 3 is 2.34 bits per heavy atom. The highest BCUT2D eigenvalue weighted by atomic mass is 32.2. The van der Waals surface area contributed by atoms with Crippen LogP contribution < -0.4 is 10.0 Å². The second-order valence-corrected chi connectivity index (χ2v) is 9.35. The lowest BCUT2D eigenvalue weighted by atomic mass is 9.93. The second-order valence-electron chi connectivity index (χ2n) is 7.67. The minimum Gasteiger partial charge on any atom is -0.337 e. The molecule has 0 atom stereocenters. The number of hydrogen-bond acceptors (Lipinski definition) is 4. The molecule has 0 aromatic heterocycles. The van der Waals surface area contributed by atoms with Crippen LogP contribution in [0.15, 0.2) is 59.5 Å². The first-order chi connectivity index (χ1) is 13.9. The predicted octanol–water partition coefficient (Wildman–Crippen LogP) is 3.29. The Bertz CT molecular complexity index is 891. The molecule has 0 aliphatic carbocycles. The third-order valence-electron chi connectivity index (χ3n) is 5.35. The van der Waals surface area contributed by atoms with Crippen molar-refractivity contribution in [2.24, 2.45) is 5.92 Å². The third-order valence-corrected chi connectivity index (χ3v) is 6.70. The molecule has 156 valence electrons. The third kappa shape index (κ3) is 6.58. The number of aryl methyl sites for hydroxylation is 1. The van der Waals surface area contributed by atoms with E-state index in [2.05, 4.69) is 39.2 Å². The summed E-state index contributed by atoms with van der Waals surface area (Å²) in [7, 11) is -3.84. The largest absolute Gasteiger partial charge is 0.337 e.